The van der Waals surface area contributed by atoms with Gasteiger partial charge in [0.2, 0.25) is 0 Å². The molecular formula is C18H16N4O4. The molecule has 1 heterocycles. The van der Waals surface area contributed by atoms with Gasteiger partial charge in [0, 0.05) is 0 Å². The van der Waals surface area contributed by atoms with Gasteiger partial charge in [-0.3, -0.25) is 9.59 Å². The first-order valence-electron chi connectivity index (χ1n) is 7.79. The molecule has 2 amide bonds. The van der Waals surface area contributed by atoms with Crippen molar-refractivity contribution in [1.29, 1.82) is 0 Å². The van der Waals surface area contributed by atoms with Crippen molar-refractivity contribution >= 4 is 34.5 Å². The van der Waals surface area contributed by atoms with Gasteiger partial charge < -0.3 is 20.8 Å². The first-order valence-corrected chi connectivity index (χ1v) is 7.79. The van der Waals surface area contributed by atoms with E-state index in [1.807, 2.05) is 0 Å². The summed E-state index contributed by atoms with van der Waals surface area (Å²) < 4.78 is 5.19. The number of nitrogens with zero attached hydrogens (tertiary/aromatic N) is 1. The zero-order valence-electron chi connectivity index (χ0n) is 13.9. The molecule has 0 bridgehead atoms. The number of benzene rings is 2. The molecule has 0 spiro atoms. The molecule has 0 aliphatic carbocycles. The molecule has 26 heavy (non-hydrogen) atoms. The van der Waals surface area contributed by atoms with Gasteiger partial charge in [0.05, 0.1) is 34.2 Å². The Labute approximate surface area is 148 Å². The van der Waals surface area contributed by atoms with Gasteiger partial charge in [0.25, 0.3) is 11.8 Å². The molecule has 0 aliphatic rings. The number of nitrogens with one attached hydrogen (secondary N) is 2. The number of primary amides is 1. The zero-order chi connectivity index (χ0) is 18.7. The number of esters is 1. The van der Waals surface area contributed by atoms with Crippen LogP contribution in [0.5, 0.6) is 0 Å². The number of H-pyrrole nitrogens is 1. The van der Waals surface area contributed by atoms with Gasteiger partial charge >= 0.3 is 5.97 Å². The lowest BCUT2D eigenvalue weighted by Gasteiger charge is -2.15. The normalized spacial score (nSPS) is 11.7. The maximum atomic E-state index is 12.3. The van der Waals surface area contributed by atoms with Crippen LogP contribution >= 0.6 is 0 Å². The molecule has 132 valence electrons. The summed E-state index contributed by atoms with van der Waals surface area (Å²) in [6, 6.07) is 11.2. The monoisotopic (exact) mass is 352 g/mol. The summed E-state index contributed by atoms with van der Waals surface area (Å²) in [6.45, 7) is 1.44. The van der Waals surface area contributed by atoms with E-state index in [0.717, 1.165) is 5.52 Å². The lowest BCUT2D eigenvalue weighted by molar-refractivity contribution is -0.123. The Kier molecular flexibility index (Phi) is 4.66. The number of carbonyl (C=O) groups is 3. The molecule has 0 saturated heterocycles. The van der Waals surface area contributed by atoms with Crippen molar-refractivity contribution in [3.8, 4) is 0 Å². The van der Waals surface area contributed by atoms with Crippen molar-refractivity contribution in [2.24, 2.45) is 5.73 Å². The molecule has 1 aromatic heterocycles. The summed E-state index contributed by atoms with van der Waals surface area (Å²) in [5, 5.41) is 2.54. The summed E-state index contributed by atoms with van der Waals surface area (Å²) >= 11 is 0. The number of carbonyl (C=O) groups excluding carboxylic acids is 3. The minimum atomic E-state index is -1.07. The molecular weight excluding hydrogens is 336 g/mol. The molecule has 8 nitrogen and oxygen atoms in total. The fourth-order valence-electron chi connectivity index (χ4n) is 2.39. The third-order valence-corrected chi connectivity index (χ3v) is 3.76. The highest BCUT2D eigenvalue weighted by Crippen LogP contribution is 2.16. The van der Waals surface area contributed by atoms with E-state index in [1.165, 1.54) is 19.3 Å². The Balaban J connectivity index is 1.69. The molecule has 2 aromatic carbocycles. The molecule has 0 fully saturated rings. The van der Waals surface area contributed by atoms with Crippen molar-refractivity contribution in [2.45, 2.75) is 13.0 Å². The van der Waals surface area contributed by atoms with E-state index in [4.69, 9.17) is 10.5 Å². The maximum Gasteiger partial charge on any atom is 0.338 e. The zero-order valence-corrected chi connectivity index (χ0v) is 13.9. The summed E-state index contributed by atoms with van der Waals surface area (Å²) in [7, 11) is 0. The van der Waals surface area contributed by atoms with Crippen molar-refractivity contribution in [3.63, 3.8) is 0 Å². The number of hydrogen-bond donors (Lipinski definition) is 3. The largest absolute Gasteiger partial charge is 0.449 e. The standard InChI is InChI=1S/C18H16N4O4/c1-10(17(24)22-13-5-3-2-4-12(13)16(19)23)26-18(25)11-6-7-14-15(8-11)21-9-20-14/h2-10H,1H3,(H2,19,23)(H,20,21)(H,22,24). The van der Waals surface area contributed by atoms with Gasteiger partial charge in [-0.05, 0) is 37.3 Å². The molecule has 0 aliphatic heterocycles. The molecule has 0 radical (unpaired) electrons. The van der Waals surface area contributed by atoms with E-state index >= 15 is 0 Å². The summed E-state index contributed by atoms with van der Waals surface area (Å²) in [5.74, 6) is -1.89. The fourth-order valence-corrected chi connectivity index (χ4v) is 2.39. The fraction of sp³-hybridized carbons (Fsp3) is 0.111. The third-order valence-electron chi connectivity index (χ3n) is 3.76. The molecule has 0 saturated carbocycles. The molecule has 3 rings (SSSR count). The Morgan fingerprint density at radius 2 is 1.96 bits per heavy atom. The highest BCUT2D eigenvalue weighted by Gasteiger charge is 2.21. The second kappa shape index (κ2) is 7.06. The third kappa shape index (κ3) is 3.54. The van der Waals surface area contributed by atoms with E-state index in [0.29, 0.717) is 11.1 Å². The Bertz CT molecular complexity index is 996. The van der Waals surface area contributed by atoms with Gasteiger partial charge in [0.15, 0.2) is 6.10 Å². The van der Waals surface area contributed by atoms with E-state index in [-0.39, 0.29) is 11.3 Å². The second-order valence-corrected chi connectivity index (χ2v) is 5.58. The van der Waals surface area contributed by atoms with Crippen LogP contribution in [0.2, 0.25) is 0 Å². The van der Waals surface area contributed by atoms with Gasteiger partial charge in [-0.1, -0.05) is 12.1 Å². The van der Waals surface area contributed by atoms with Gasteiger partial charge in [-0.25, -0.2) is 9.78 Å². The van der Waals surface area contributed by atoms with Crippen molar-refractivity contribution in [2.75, 3.05) is 5.32 Å². The number of para-hydroxylation sites is 1. The second-order valence-electron chi connectivity index (χ2n) is 5.58. The number of hydrogen-bond acceptors (Lipinski definition) is 5. The van der Waals surface area contributed by atoms with Crippen LogP contribution in [0.4, 0.5) is 5.69 Å². The predicted molar refractivity (Wildman–Crippen MR) is 94.6 cm³/mol. The van der Waals surface area contributed by atoms with E-state index in [9.17, 15) is 14.4 Å². The molecule has 3 aromatic rings. The number of anilines is 1. The van der Waals surface area contributed by atoms with E-state index < -0.39 is 23.9 Å². The van der Waals surface area contributed by atoms with Crippen molar-refractivity contribution < 1.29 is 19.1 Å². The average Bonchev–Trinajstić information content (AvgIpc) is 3.09. The average molecular weight is 352 g/mol. The highest BCUT2D eigenvalue weighted by atomic mass is 16.5. The lowest BCUT2D eigenvalue weighted by Crippen LogP contribution is -2.30. The maximum absolute atomic E-state index is 12.3. The van der Waals surface area contributed by atoms with Gasteiger partial charge in [-0.15, -0.1) is 0 Å². The van der Waals surface area contributed by atoms with E-state index in [2.05, 4.69) is 15.3 Å². The van der Waals surface area contributed by atoms with Crippen LogP contribution in [0.1, 0.15) is 27.6 Å². The van der Waals surface area contributed by atoms with Crippen LogP contribution in [-0.2, 0) is 9.53 Å². The first-order chi connectivity index (χ1) is 12.5. The molecule has 8 heteroatoms. The number of nitrogens with two attached hydrogens (primary N) is 1. The number of amides is 2. The van der Waals surface area contributed by atoms with Crippen molar-refractivity contribution in [1.82, 2.24) is 9.97 Å². The van der Waals surface area contributed by atoms with Gasteiger partial charge in [-0.2, -0.15) is 0 Å². The minimum Gasteiger partial charge on any atom is -0.449 e. The van der Waals surface area contributed by atoms with E-state index in [1.54, 1.807) is 36.4 Å². The number of imidazole rings is 1. The van der Waals surface area contributed by atoms with Crippen LogP contribution < -0.4 is 11.1 Å². The number of aromatic amines is 1. The highest BCUT2D eigenvalue weighted by molar-refractivity contribution is 6.04. The van der Waals surface area contributed by atoms with Crippen LogP contribution in [0.15, 0.2) is 48.8 Å². The minimum absolute atomic E-state index is 0.170. The van der Waals surface area contributed by atoms with Crippen LogP contribution in [0.3, 0.4) is 0 Å². The SMILES string of the molecule is CC(OC(=O)c1ccc2nc[nH]c2c1)C(=O)Nc1ccccc1C(N)=O. The van der Waals surface area contributed by atoms with Crippen LogP contribution in [0.25, 0.3) is 11.0 Å². The van der Waals surface area contributed by atoms with Crippen LogP contribution in [0, 0.1) is 0 Å². The first kappa shape index (κ1) is 17.2. The molecule has 1 atom stereocenters. The smallest absolute Gasteiger partial charge is 0.338 e. The number of rotatable bonds is 5. The quantitative estimate of drug-likeness (QED) is 0.604. The van der Waals surface area contributed by atoms with Gasteiger partial charge in [0.1, 0.15) is 0 Å². The Hall–Kier alpha value is -3.68. The molecule has 4 N–H and O–H groups in total. The number of fused-ring (bicyclic) bond motifs is 1. The Morgan fingerprint density at radius 1 is 1.19 bits per heavy atom. The predicted octanol–water partition coefficient (Wildman–Crippen LogP) is 1.85. The van der Waals surface area contributed by atoms with Crippen LogP contribution in [-0.4, -0.2) is 33.9 Å². The number of ether oxygens (including phenoxy) is 1. The summed E-state index contributed by atoms with van der Waals surface area (Å²) in [4.78, 5) is 42.9. The number of aromatic nitrogens is 2. The molecule has 1 unspecified atom stereocenters. The summed E-state index contributed by atoms with van der Waals surface area (Å²) in [5.41, 5.74) is 7.40. The van der Waals surface area contributed by atoms with Crippen molar-refractivity contribution in [3.05, 3.63) is 59.9 Å². The topological polar surface area (TPSA) is 127 Å². The lowest BCUT2D eigenvalue weighted by atomic mass is 10.1. The summed E-state index contributed by atoms with van der Waals surface area (Å²) in [6.07, 6.45) is 0.451. The Morgan fingerprint density at radius 3 is 2.73 bits per heavy atom.